The standard InChI is InChI=1S/C10H9ClF2N4O2S/c1-19-9(18)7-8(11)15-10(20-7)14-6-2-3-17(16-6)4-5(12)13/h2-3,5H,4H2,1H3,(H,14,15,16). The molecule has 10 heteroatoms. The maximum Gasteiger partial charge on any atom is 0.351 e. The zero-order chi connectivity index (χ0) is 14.7. The quantitative estimate of drug-likeness (QED) is 0.857. The number of carbonyl (C=O) groups is 1. The van der Waals surface area contributed by atoms with Gasteiger partial charge in [-0.15, -0.1) is 0 Å². The predicted molar refractivity (Wildman–Crippen MR) is 70.0 cm³/mol. The summed E-state index contributed by atoms with van der Waals surface area (Å²) in [5.74, 6) is -0.267. The van der Waals surface area contributed by atoms with Crippen LogP contribution in [0.15, 0.2) is 12.3 Å². The lowest BCUT2D eigenvalue weighted by Gasteiger charge is -1.99. The molecule has 2 rings (SSSR count). The molecule has 20 heavy (non-hydrogen) atoms. The Morgan fingerprint density at radius 2 is 2.40 bits per heavy atom. The Labute approximate surface area is 121 Å². The van der Waals surface area contributed by atoms with Crippen molar-refractivity contribution in [2.75, 3.05) is 12.4 Å². The summed E-state index contributed by atoms with van der Waals surface area (Å²) in [5, 5.41) is 6.99. The van der Waals surface area contributed by atoms with Gasteiger partial charge in [0, 0.05) is 12.3 Å². The molecule has 0 radical (unpaired) electrons. The molecule has 108 valence electrons. The zero-order valence-corrected chi connectivity index (χ0v) is 11.7. The number of nitrogens with zero attached hydrogens (tertiary/aromatic N) is 3. The van der Waals surface area contributed by atoms with Gasteiger partial charge in [-0.2, -0.15) is 5.10 Å². The number of hydrogen-bond acceptors (Lipinski definition) is 6. The minimum Gasteiger partial charge on any atom is -0.465 e. The number of hydrogen-bond donors (Lipinski definition) is 1. The van der Waals surface area contributed by atoms with Crippen LogP contribution in [0.1, 0.15) is 9.67 Å². The highest BCUT2D eigenvalue weighted by Gasteiger charge is 2.17. The molecule has 0 aliphatic carbocycles. The number of nitrogens with one attached hydrogen (secondary N) is 1. The van der Waals surface area contributed by atoms with Crippen molar-refractivity contribution in [3.63, 3.8) is 0 Å². The maximum absolute atomic E-state index is 12.2. The van der Waals surface area contributed by atoms with Gasteiger partial charge >= 0.3 is 5.97 Å². The Morgan fingerprint density at radius 1 is 1.65 bits per heavy atom. The van der Waals surface area contributed by atoms with Crippen LogP contribution >= 0.6 is 22.9 Å². The number of rotatable bonds is 5. The number of thiazole rings is 1. The summed E-state index contributed by atoms with van der Waals surface area (Å²) in [6.45, 7) is -0.492. The highest BCUT2D eigenvalue weighted by atomic mass is 35.5. The van der Waals surface area contributed by atoms with E-state index in [0.717, 1.165) is 16.0 Å². The Hall–Kier alpha value is -1.74. The average Bonchev–Trinajstić information content (AvgIpc) is 2.95. The minimum absolute atomic E-state index is 0.0105. The van der Waals surface area contributed by atoms with Crippen molar-refractivity contribution in [3.8, 4) is 0 Å². The molecule has 0 saturated heterocycles. The second kappa shape index (κ2) is 6.14. The SMILES string of the molecule is COC(=O)c1sc(Nc2ccn(CC(F)F)n2)nc1Cl. The molecule has 0 bridgehead atoms. The molecule has 2 aromatic rings. The van der Waals surface area contributed by atoms with Gasteiger partial charge in [0.2, 0.25) is 0 Å². The summed E-state index contributed by atoms with van der Waals surface area (Å²) in [5.41, 5.74) is 0. The maximum atomic E-state index is 12.2. The molecular weight excluding hydrogens is 314 g/mol. The minimum atomic E-state index is -2.48. The molecule has 0 aromatic carbocycles. The van der Waals surface area contributed by atoms with E-state index in [1.807, 2.05) is 0 Å². The first-order valence-electron chi connectivity index (χ1n) is 5.33. The smallest absolute Gasteiger partial charge is 0.351 e. The molecule has 0 saturated carbocycles. The van der Waals surface area contributed by atoms with Crippen LogP contribution in [0, 0.1) is 0 Å². The van der Waals surface area contributed by atoms with E-state index < -0.39 is 18.9 Å². The number of halogens is 3. The van der Waals surface area contributed by atoms with Crippen LogP contribution in [0.25, 0.3) is 0 Å². The van der Waals surface area contributed by atoms with Crippen molar-refractivity contribution in [2.45, 2.75) is 13.0 Å². The highest BCUT2D eigenvalue weighted by molar-refractivity contribution is 7.18. The van der Waals surface area contributed by atoms with Crippen molar-refractivity contribution in [1.29, 1.82) is 0 Å². The number of aromatic nitrogens is 3. The summed E-state index contributed by atoms with van der Waals surface area (Å²) in [7, 11) is 1.23. The monoisotopic (exact) mass is 322 g/mol. The van der Waals surface area contributed by atoms with Crippen molar-refractivity contribution < 1.29 is 18.3 Å². The van der Waals surface area contributed by atoms with E-state index in [4.69, 9.17) is 11.6 Å². The topological polar surface area (TPSA) is 69.0 Å². The van der Waals surface area contributed by atoms with Gasteiger partial charge in [0.05, 0.1) is 7.11 Å². The highest BCUT2D eigenvalue weighted by Crippen LogP contribution is 2.29. The predicted octanol–water partition coefficient (Wildman–Crippen LogP) is 2.79. The van der Waals surface area contributed by atoms with Crippen molar-refractivity contribution in [2.24, 2.45) is 0 Å². The normalized spacial score (nSPS) is 10.8. The molecule has 1 N–H and O–H groups in total. The van der Waals surface area contributed by atoms with Gasteiger partial charge < -0.3 is 10.1 Å². The molecule has 0 aliphatic rings. The fraction of sp³-hybridized carbons (Fsp3) is 0.300. The van der Waals surface area contributed by atoms with Crippen LogP contribution in [0.4, 0.5) is 19.7 Å². The fourth-order valence-corrected chi connectivity index (χ4v) is 2.46. The number of carbonyl (C=O) groups excluding carboxylic acids is 1. The van der Waals surface area contributed by atoms with Gasteiger partial charge in [0.1, 0.15) is 6.54 Å². The van der Waals surface area contributed by atoms with E-state index in [-0.39, 0.29) is 10.0 Å². The summed E-state index contributed by atoms with van der Waals surface area (Å²) >= 11 is 6.78. The number of ether oxygens (including phenoxy) is 1. The molecule has 0 atom stereocenters. The van der Waals surface area contributed by atoms with E-state index in [2.05, 4.69) is 20.1 Å². The molecule has 2 aromatic heterocycles. The summed E-state index contributed by atoms with van der Waals surface area (Å²) in [6.07, 6.45) is -1.08. The summed E-state index contributed by atoms with van der Waals surface area (Å²) < 4.78 is 30.0. The molecule has 0 unspecified atom stereocenters. The van der Waals surface area contributed by atoms with Crippen LogP contribution < -0.4 is 5.32 Å². The van der Waals surface area contributed by atoms with E-state index in [1.165, 1.54) is 19.4 Å². The molecular formula is C10H9ClF2N4O2S. The van der Waals surface area contributed by atoms with Crippen LogP contribution in [0.3, 0.4) is 0 Å². The second-order valence-corrected chi connectivity index (χ2v) is 4.93. The lowest BCUT2D eigenvalue weighted by atomic mass is 10.6. The molecule has 6 nitrogen and oxygen atoms in total. The first-order chi connectivity index (χ1) is 9.49. The fourth-order valence-electron chi connectivity index (χ4n) is 1.35. The first-order valence-corrected chi connectivity index (χ1v) is 6.52. The van der Waals surface area contributed by atoms with Crippen molar-refractivity contribution >= 4 is 39.9 Å². The van der Waals surface area contributed by atoms with Crippen LogP contribution in [-0.2, 0) is 11.3 Å². The van der Waals surface area contributed by atoms with Crippen LogP contribution in [-0.4, -0.2) is 34.3 Å². The average molecular weight is 323 g/mol. The Balaban J connectivity index is 2.10. The molecule has 0 amide bonds. The number of esters is 1. The Bertz CT molecular complexity index is 616. The second-order valence-electron chi connectivity index (χ2n) is 3.57. The van der Waals surface area contributed by atoms with Crippen LogP contribution in [0.2, 0.25) is 5.15 Å². The van der Waals surface area contributed by atoms with Gasteiger partial charge in [-0.3, -0.25) is 4.68 Å². The third-order valence-corrected chi connectivity index (χ3v) is 3.49. The Kier molecular flexibility index (Phi) is 4.50. The third-order valence-electron chi connectivity index (χ3n) is 2.16. The van der Waals surface area contributed by atoms with Gasteiger partial charge in [0.25, 0.3) is 6.43 Å². The van der Waals surface area contributed by atoms with Gasteiger partial charge in [-0.05, 0) is 0 Å². The van der Waals surface area contributed by atoms with E-state index in [9.17, 15) is 13.6 Å². The van der Waals surface area contributed by atoms with Gasteiger partial charge in [-0.1, -0.05) is 22.9 Å². The van der Waals surface area contributed by atoms with E-state index >= 15 is 0 Å². The molecule has 2 heterocycles. The van der Waals surface area contributed by atoms with E-state index in [0.29, 0.717) is 10.9 Å². The lowest BCUT2D eigenvalue weighted by Crippen LogP contribution is -2.07. The van der Waals surface area contributed by atoms with Crippen LogP contribution in [0.5, 0.6) is 0 Å². The zero-order valence-electron chi connectivity index (χ0n) is 10.1. The summed E-state index contributed by atoms with van der Waals surface area (Å²) in [4.78, 5) is 15.4. The summed E-state index contributed by atoms with van der Waals surface area (Å²) in [6, 6.07) is 1.51. The molecule has 0 fully saturated rings. The third kappa shape index (κ3) is 3.42. The number of alkyl halides is 2. The van der Waals surface area contributed by atoms with Crippen molar-refractivity contribution in [1.82, 2.24) is 14.8 Å². The van der Waals surface area contributed by atoms with Crippen molar-refractivity contribution in [3.05, 3.63) is 22.3 Å². The Morgan fingerprint density at radius 3 is 3.05 bits per heavy atom. The largest absolute Gasteiger partial charge is 0.465 e. The molecule has 0 aliphatic heterocycles. The molecule has 0 spiro atoms. The number of methoxy groups -OCH3 is 1. The van der Waals surface area contributed by atoms with E-state index in [1.54, 1.807) is 0 Å². The van der Waals surface area contributed by atoms with Gasteiger partial charge in [0.15, 0.2) is 21.0 Å². The lowest BCUT2D eigenvalue weighted by molar-refractivity contribution is 0.0606. The van der Waals surface area contributed by atoms with Gasteiger partial charge in [-0.25, -0.2) is 18.6 Å². The number of anilines is 2. The first kappa shape index (κ1) is 14.7.